The Morgan fingerprint density at radius 3 is 2.05 bits per heavy atom. The molecule has 37 heavy (non-hydrogen) atoms. The van der Waals surface area contributed by atoms with Gasteiger partial charge in [-0.3, -0.25) is 9.59 Å². The number of rotatable bonds is 13. The van der Waals surface area contributed by atoms with Crippen LogP contribution in [-0.4, -0.2) is 37.7 Å². The van der Waals surface area contributed by atoms with Crippen molar-refractivity contribution in [3.63, 3.8) is 0 Å². The van der Waals surface area contributed by atoms with Gasteiger partial charge in [-0.05, 0) is 58.9 Å². The maximum absolute atomic E-state index is 12.4. The van der Waals surface area contributed by atoms with Gasteiger partial charge in [0.2, 0.25) is 0 Å². The van der Waals surface area contributed by atoms with Crippen molar-refractivity contribution in [3.05, 3.63) is 94.5 Å². The highest BCUT2D eigenvalue weighted by atomic mass is 16.5. The SMILES string of the molecule is COc1ccc(CC(NCc2ccc(C(C)C)cc2)c2ccc(C(=O)NCCC(=O)O)cc2)cc1OC. The summed E-state index contributed by atoms with van der Waals surface area (Å²) in [7, 11) is 3.24. The highest BCUT2D eigenvalue weighted by molar-refractivity contribution is 5.94. The molecule has 3 N–H and O–H groups in total. The first-order chi connectivity index (χ1) is 17.8. The van der Waals surface area contributed by atoms with Crippen molar-refractivity contribution in [3.8, 4) is 11.5 Å². The Hall–Kier alpha value is -3.84. The largest absolute Gasteiger partial charge is 0.493 e. The molecule has 0 aliphatic carbocycles. The number of hydrogen-bond donors (Lipinski definition) is 3. The van der Waals surface area contributed by atoms with Crippen molar-refractivity contribution in [2.24, 2.45) is 0 Å². The van der Waals surface area contributed by atoms with Gasteiger partial charge < -0.3 is 25.2 Å². The second-order valence-electron chi connectivity index (χ2n) is 9.24. The van der Waals surface area contributed by atoms with Crippen LogP contribution in [0, 0.1) is 0 Å². The fourth-order valence-corrected chi connectivity index (χ4v) is 4.06. The molecule has 0 aliphatic heterocycles. The fraction of sp³-hybridized carbons (Fsp3) is 0.333. The predicted octanol–water partition coefficient (Wildman–Crippen LogP) is 5.11. The summed E-state index contributed by atoms with van der Waals surface area (Å²) in [5.41, 5.74) is 5.11. The van der Waals surface area contributed by atoms with Crippen LogP contribution in [-0.2, 0) is 17.8 Å². The van der Waals surface area contributed by atoms with Gasteiger partial charge >= 0.3 is 5.97 Å². The van der Waals surface area contributed by atoms with Crippen LogP contribution in [0.4, 0.5) is 0 Å². The summed E-state index contributed by atoms with van der Waals surface area (Å²) in [5, 5.41) is 15.1. The molecule has 1 atom stereocenters. The zero-order chi connectivity index (χ0) is 26.8. The number of ether oxygens (including phenoxy) is 2. The Morgan fingerprint density at radius 2 is 1.46 bits per heavy atom. The maximum atomic E-state index is 12.4. The first-order valence-electron chi connectivity index (χ1n) is 12.4. The molecular formula is C30H36N2O5. The Balaban J connectivity index is 1.78. The lowest BCUT2D eigenvalue weighted by atomic mass is 9.96. The molecule has 0 heterocycles. The fourth-order valence-electron chi connectivity index (χ4n) is 4.06. The lowest BCUT2D eigenvalue weighted by molar-refractivity contribution is -0.136. The number of aliphatic carboxylic acids is 1. The van der Waals surface area contributed by atoms with Crippen molar-refractivity contribution < 1.29 is 24.2 Å². The molecule has 3 rings (SSSR count). The van der Waals surface area contributed by atoms with Crippen LogP contribution in [0.5, 0.6) is 11.5 Å². The Labute approximate surface area is 218 Å². The molecule has 0 aromatic heterocycles. The van der Waals surface area contributed by atoms with E-state index in [1.165, 1.54) is 11.1 Å². The van der Waals surface area contributed by atoms with E-state index in [9.17, 15) is 9.59 Å². The van der Waals surface area contributed by atoms with Crippen molar-refractivity contribution >= 4 is 11.9 Å². The standard InChI is InChI=1S/C30H36N2O5/c1-20(2)23-8-5-21(6-9-23)19-32-26(17-22-7-14-27(36-3)28(18-22)37-4)24-10-12-25(13-11-24)30(35)31-16-15-29(33)34/h5-14,18,20,26,32H,15-17,19H2,1-4H3,(H,31,35)(H,33,34). The molecule has 196 valence electrons. The average molecular weight is 505 g/mol. The van der Waals surface area contributed by atoms with Crippen molar-refractivity contribution in [2.75, 3.05) is 20.8 Å². The van der Waals surface area contributed by atoms with Crippen molar-refractivity contribution in [2.45, 2.75) is 45.2 Å². The van der Waals surface area contributed by atoms with Crippen LogP contribution in [0.2, 0.25) is 0 Å². The van der Waals surface area contributed by atoms with E-state index in [4.69, 9.17) is 14.6 Å². The van der Waals surface area contributed by atoms with E-state index < -0.39 is 5.97 Å². The van der Waals surface area contributed by atoms with Gasteiger partial charge in [0.05, 0.1) is 20.6 Å². The quantitative estimate of drug-likeness (QED) is 0.300. The zero-order valence-corrected chi connectivity index (χ0v) is 21.9. The van der Waals surface area contributed by atoms with Crippen LogP contribution in [0.15, 0.2) is 66.7 Å². The van der Waals surface area contributed by atoms with E-state index in [-0.39, 0.29) is 24.9 Å². The molecule has 1 unspecified atom stereocenters. The van der Waals surface area contributed by atoms with Crippen LogP contribution in [0.3, 0.4) is 0 Å². The molecular weight excluding hydrogens is 468 g/mol. The Kier molecular flexibility index (Phi) is 10.1. The second-order valence-corrected chi connectivity index (χ2v) is 9.24. The smallest absolute Gasteiger partial charge is 0.305 e. The highest BCUT2D eigenvalue weighted by Crippen LogP contribution is 2.30. The van der Waals surface area contributed by atoms with E-state index in [1.54, 1.807) is 26.4 Å². The first kappa shape index (κ1) is 27.7. The summed E-state index contributed by atoms with van der Waals surface area (Å²) >= 11 is 0. The summed E-state index contributed by atoms with van der Waals surface area (Å²) in [6, 6.07) is 21.9. The summed E-state index contributed by atoms with van der Waals surface area (Å²) in [5.74, 6) is 0.608. The molecule has 1 amide bonds. The molecule has 0 saturated carbocycles. The molecule has 0 radical (unpaired) electrons. The number of nitrogens with one attached hydrogen (secondary N) is 2. The van der Waals surface area contributed by atoms with Crippen LogP contribution < -0.4 is 20.1 Å². The van der Waals surface area contributed by atoms with Gasteiger partial charge in [0.1, 0.15) is 0 Å². The van der Waals surface area contributed by atoms with Gasteiger partial charge in [-0.2, -0.15) is 0 Å². The number of benzene rings is 3. The maximum Gasteiger partial charge on any atom is 0.305 e. The monoisotopic (exact) mass is 504 g/mol. The summed E-state index contributed by atoms with van der Waals surface area (Å²) < 4.78 is 10.9. The molecule has 7 heteroatoms. The number of carboxylic acids is 1. The van der Waals surface area contributed by atoms with E-state index in [0.717, 1.165) is 11.1 Å². The summed E-state index contributed by atoms with van der Waals surface area (Å²) in [4.78, 5) is 23.1. The van der Waals surface area contributed by atoms with Gasteiger partial charge in [-0.1, -0.05) is 56.3 Å². The number of carbonyl (C=O) groups is 2. The first-order valence-corrected chi connectivity index (χ1v) is 12.4. The lowest BCUT2D eigenvalue weighted by Crippen LogP contribution is -2.26. The Bertz CT molecular complexity index is 1170. The third kappa shape index (κ3) is 8.08. The van der Waals surface area contributed by atoms with Gasteiger partial charge in [0, 0.05) is 24.7 Å². The third-order valence-electron chi connectivity index (χ3n) is 6.29. The number of hydrogen-bond acceptors (Lipinski definition) is 5. The molecule has 0 bridgehead atoms. The third-order valence-corrected chi connectivity index (χ3v) is 6.29. The van der Waals surface area contributed by atoms with Gasteiger partial charge in [-0.25, -0.2) is 0 Å². The molecule has 0 fully saturated rings. The lowest BCUT2D eigenvalue weighted by Gasteiger charge is -2.21. The van der Waals surface area contributed by atoms with E-state index >= 15 is 0 Å². The van der Waals surface area contributed by atoms with E-state index in [2.05, 4.69) is 48.7 Å². The number of carboxylic acid groups (broad SMARTS) is 1. The molecule has 7 nitrogen and oxygen atoms in total. The van der Waals surface area contributed by atoms with Gasteiger partial charge in [-0.15, -0.1) is 0 Å². The van der Waals surface area contributed by atoms with E-state index in [0.29, 0.717) is 35.9 Å². The minimum absolute atomic E-state index is 0.0213. The topological polar surface area (TPSA) is 96.9 Å². The molecule has 3 aromatic rings. The van der Waals surface area contributed by atoms with Gasteiger partial charge in [0.25, 0.3) is 5.91 Å². The molecule has 0 aliphatic rings. The van der Waals surface area contributed by atoms with Crippen LogP contribution in [0.25, 0.3) is 0 Å². The molecule has 3 aromatic carbocycles. The normalized spacial score (nSPS) is 11.7. The minimum atomic E-state index is -0.946. The summed E-state index contributed by atoms with van der Waals surface area (Å²) in [6.45, 7) is 5.15. The molecule has 0 spiro atoms. The van der Waals surface area contributed by atoms with E-state index in [1.807, 2.05) is 30.3 Å². The number of methoxy groups -OCH3 is 2. The average Bonchev–Trinajstić information content (AvgIpc) is 2.90. The van der Waals surface area contributed by atoms with Crippen LogP contribution >= 0.6 is 0 Å². The van der Waals surface area contributed by atoms with Crippen LogP contribution in [0.1, 0.15) is 64.8 Å². The molecule has 0 saturated heterocycles. The Morgan fingerprint density at radius 1 is 0.838 bits per heavy atom. The van der Waals surface area contributed by atoms with Crippen molar-refractivity contribution in [1.82, 2.24) is 10.6 Å². The number of amides is 1. The predicted molar refractivity (Wildman–Crippen MR) is 144 cm³/mol. The van der Waals surface area contributed by atoms with Crippen molar-refractivity contribution in [1.29, 1.82) is 0 Å². The zero-order valence-electron chi connectivity index (χ0n) is 21.9. The van der Waals surface area contributed by atoms with Gasteiger partial charge in [0.15, 0.2) is 11.5 Å². The second kappa shape index (κ2) is 13.5. The number of carbonyl (C=O) groups excluding carboxylic acids is 1. The summed E-state index contributed by atoms with van der Waals surface area (Å²) in [6.07, 6.45) is 0.591. The highest BCUT2D eigenvalue weighted by Gasteiger charge is 2.16. The minimum Gasteiger partial charge on any atom is -0.493 e.